The first-order valence-electron chi connectivity index (χ1n) is 4.17. The molecule has 0 nitrogen and oxygen atoms in total. The third-order valence-corrected chi connectivity index (χ3v) is 97.2. The van der Waals surface area contributed by atoms with Crippen LogP contribution in [-0.2, 0) is 0 Å². The Hall–Kier alpha value is 7.31. The van der Waals surface area contributed by atoms with E-state index in [0.717, 1.165) is 0 Å². The maximum absolute atomic E-state index is 8.89. The minimum absolute atomic E-state index is 0.0560. The first-order valence-corrected chi connectivity index (χ1v) is 33.5. The van der Waals surface area contributed by atoms with E-state index in [1.807, 2.05) is 0 Å². The summed E-state index contributed by atoms with van der Waals surface area (Å²) in [6.45, 7) is -0.753. The summed E-state index contributed by atoms with van der Waals surface area (Å²) in [6.07, 6.45) is 0. The van der Waals surface area contributed by atoms with Crippen molar-refractivity contribution < 1.29 is 0 Å². The Balaban J connectivity index is 5.11. The molecule has 0 aromatic carbocycles. The molecule has 0 bridgehead atoms. The topological polar surface area (TPSA) is 0 Å². The average Bonchev–Trinajstić information content (AvgIpc) is 2.15. The molecular weight excluding hydrogens is 527 g/mol. The van der Waals surface area contributed by atoms with Crippen molar-refractivity contribution in [2.45, 2.75) is 0 Å². The predicted octanol–water partition coefficient (Wildman–Crippen LogP) is 9.55. The quantitative estimate of drug-likeness (QED) is 0.279. The molecule has 0 amide bonds. The van der Waals surface area contributed by atoms with Gasteiger partial charge in [0.2, 0.25) is 0 Å². The van der Waals surface area contributed by atoms with Crippen LogP contribution in [0, 0.1) is 0 Å². The monoisotopic (exact) mass is 547 g/mol. The maximum atomic E-state index is 8.89. The molecule has 0 saturated carbocycles. The van der Waals surface area contributed by atoms with Gasteiger partial charge in [0, 0.05) is 0 Å². The molecule has 17 heteroatoms. The lowest BCUT2D eigenvalue weighted by molar-refractivity contribution is 4.60. The van der Waals surface area contributed by atoms with Gasteiger partial charge in [-0.3, -0.25) is 0 Å². The zero-order valence-corrected chi connectivity index (χ0v) is 26.3. The molecule has 0 aromatic rings. The molecule has 0 N–H and O–H groups in total. The van der Waals surface area contributed by atoms with Crippen molar-refractivity contribution in [1.29, 1.82) is 1.28 Å². The average molecular weight is 547 g/mol. The van der Waals surface area contributed by atoms with Crippen LogP contribution in [0.5, 0.6) is 0 Å². The standard InChI is InChI=1S/H19P17/c1-11(2)15(9)17(14(7)8)10-16(12(3)4)13(5)6/h10H,1-9H2/i10D. The van der Waals surface area contributed by atoms with Gasteiger partial charge in [0.15, 0.2) is 0 Å². The zero-order chi connectivity index (χ0) is 14.6. The van der Waals surface area contributed by atoms with Crippen molar-refractivity contribution in [2.75, 3.05) is 0 Å². The third-order valence-electron chi connectivity index (χ3n) is 1.20. The van der Waals surface area contributed by atoms with Crippen molar-refractivity contribution >= 4 is 137 Å². The van der Waals surface area contributed by atoms with E-state index in [0.29, 0.717) is 0 Å². The van der Waals surface area contributed by atoms with E-state index in [2.05, 4.69) is 80.4 Å². The maximum Gasteiger partial charge on any atom is 0.0690 e. The number of rotatable bonds is 7. The van der Waals surface area contributed by atoms with Crippen molar-refractivity contribution in [2.24, 2.45) is 0 Å². The Kier molecular flexibility index (Phi) is 17.8. The Morgan fingerprint density at radius 3 is 1.18 bits per heavy atom. The van der Waals surface area contributed by atoms with Crippen molar-refractivity contribution in [1.82, 2.24) is 0 Å². The largest absolute Gasteiger partial charge is 0.102 e. The second kappa shape index (κ2) is 13.5. The summed E-state index contributed by atoms with van der Waals surface area (Å²) in [5.41, 5.74) is 0. The van der Waals surface area contributed by atoms with E-state index in [1.165, 1.54) is 0 Å². The van der Waals surface area contributed by atoms with Crippen molar-refractivity contribution in [3.63, 3.8) is 0 Å². The van der Waals surface area contributed by atoms with Crippen LogP contribution in [0.2, 0.25) is 0 Å². The van der Waals surface area contributed by atoms with Crippen LogP contribution in [-0.4, -0.2) is 1.28 Å². The van der Waals surface area contributed by atoms with Crippen LogP contribution < -0.4 is 0 Å². The Morgan fingerprint density at radius 2 is 0.941 bits per heavy atom. The fourth-order valence-electron chi connectivity index (χ4n) is 0.569. The van der Waals surface area contributed by atoms with Crippen molar-refractivity contribution in [3.05, 3.63) is 0 Å². The zero-order valence-electron chi connectivity index (χ0n) is 9.77. The van der Waals surface area contributed by atoms with Gasteiger partial charge < -0.3 is 0 Å². The van der Waals surface area contributed by atoms with Gasteiger partial charge in [-0.05, 0) is 56.8 Å². The fourth-order valence-corrected chi connectivity index (χ4v) is 138. The summed E-state index contributed by atoms with van der Waals surface area (Å²) in [5, 5.41) is 0. The SMILES string of the molecule is [2H]P(P(P(P)P)P(P)P)P(P(P)P)P(P)P(P)P. The van der Waals surface area contributed by atoms with E-state index in [4.69, 9.17) is 1.28 Å². The molecule has 0 rings (SSSR count). The van der Waals surface area contributed by atoms with Gasteiger partial charge in [-0.1, -0.05) is 0 Å². The molecule has 0 fully saturated rings. The fraction of sp³-hybridized carbons (Fsp3) is 0. The van der Waals surface area contributed by atoms with Crippen LogP contribution in [0.25, 0.3) is 0 Å². The van der Waals surface area contributed by atoms with E-state index in [9.17, 15) is 0 Å². The molecule has 0 aliphatic rings. The van der Waals surface area contributed by atoms with Crippen LogP contribution >= 0.6 is 137 Å². The highest BCUT2D eigenvalue weighted by atomic mass is 33.3. The van der Waals surface area contributed by atoms with E-state index in [-0.39, 0.29) is 48.9 Å². The summed E-state index contributed by atoms with van der Waals surface area (Å²) in [4.78, 5) is 0. The number of hydrogen-bond donors (Lipinski definition) is 0. The van der Waals surface area contributed by atoms with Gasteiger partial charge in [0.1, 0.15) is 0 Å². The van der Waals surface area contributed by atoms with Gasteiger partial charge in [0.25, 0.3) is 0 Å². The third kappa shape index (κ3) is 10.8. The normalized spacial score (nSPS) is 19.3. The molecule has 104 valence electrons. The highest BCUT2D eigenvalue weighted by Crippen LogP contribution is 3.19. The van der Waals surface area contributed by atoms with Crippen molar-refractivity contribution in [3.8, 4) is 0 Å². The Morgan fingerprint density at radius 1 is 0.588 bits per heavy atom. The molecule has 12 unspecified atom stereocenters. The minimum Gasteiger partial charge on any atom is -0.102 e. The smallest absolute Gasteiger partial charge is 0.0690 e. The molecule has 0 aliphatic carbocycles. The summed E-state index contributed by atoms with van der Waals surface area (Å²) >= 11 is 0. The van der Waals surface area contributed by atoms with Crippen LogP contribution in [0.4, 0.5) is 0 Å². The van der Waals surface area contributed by atoms with E-state index >= 15 is 0 Å². The molecule has 17 heavy (non-hydrogen) atoms. The summed E-state index contributed by atoms with van der Waals surface area (Å²) in [5.74, 6) is 0. The van der Waals surface area contributed by atoms with Gasteiger partial charge in [-0.15, -0.1) is 80.4 Å². The minimum atomic E-state index is -0.559. The second-order valence-corrected chi connectivity index (χ2v) is 66.6. The molecule has 0 aromatic heterocycles. The van der Waals surface area contributed by atoms with Gasteiger partial charge in [0.05, 0.1) is 1.28 Å². The highest BCUT2D eigenvalue weighted by Gasteiger charge is 2.29. The molecular formula is H19P17. The first-order chi connectivity index (χ1) is 8.11. The summed E-state index contributed by atoms with van der Waals surface area (Å²) < 4.78 is 8.89. The second-order valence-electron chi connectivity index (χ2n) is 2.47. The molecule has 0 spiro atoms. The van der Waals surface area contributed by atoms with Crippen LogP contribution in [0.3, 0.4) is 0 Å². The molecule has 0 saturated heterocycles. The lowest BCUT2D eigenvalue weighted by atomic mass is 28.7. The molecule has 12 atom stereocenters. The molecule has 0 radical (unpaired) electrons. The lowest BCUT2D eigenvalue weighted by Gasteiger charge is -2.35. The number of hydrogen-bond acceptors (Lipinski definition) is 0. The highest BCUT2D eigenvalue weighted by molar-refractivity contribution is 9.25. The molecule has 0 heterocycles. The van der Waals surface area contributed by atoms with Crippen LogP contribution in [0.1, 0.15) is 0 Å². The summed E-state index contributed by atoms with van der Waals surface area (Å²) in [6, 6.07) is 0. The first kappa shape index (κ1) is 22.4. The predicted molar refractivity (Wildman–Crippen MR) is 144 cm³/mol. The molecule has 0 aliphatic heterocycles. The summed E-state index contributed by atoms with van der Waals surface area (Å²) in [7, 11) is 26.5. The van der Waals surface area contributed by atoms with Gasteiger partial charge in [-0.2, -0.15) is 0 Å². The van der Waals surface area contributed by atoms with E-state index < -0.39 is 7.90 Å². The van der Waals surface area contributed by atoms with Gasteiger partial charge in [-0.25, -0.2) is 0 Å². The Labute approximate surface area is 137 Å². The Bertz CT molecular complexity index is 210. The lowest BCUT2D eigenvalue weighted by Crippen LogP contribution is -1.46. The van der Waals surface area contributed by atoms with E-state index in [1.54, 1.807) is 0 Å². The van der Waals surface area contributed by atoms with Crippen LogP contribution in [0.15, 0.2) is 0 Å². The van der Waals surface area contributed by atoms with Gasteiger partial charge >= 0.3 is 0 Å².